The molecular formula is C16H18F3N5O3S. The monoisotopic (exact) mass is 417 g/mol. The minimum Gasteiger partial charge on any atom is -0.324 e. The Morgan fingerprint density at radius 1 is 1.18 bits per heavy atom. The second-order valence-electron chi connectivity index (χ2n) is 6.46. The van der Waals surface area contributed by atoms with Crippen molar-refractivity contribution in [3.05, 3.63) is 36.2 Å². The van der Waals surface area contributed by atoms with E-state index in [2.05, 4.69) is 15.5 Å². The molecule has 0 aliphatic carbocycles. The number of aromatic nitrogens is 3. The Bertz CT molecular complexity index is 949. The number of nitrogens with zero attached hydrogens (tertiary/aromatic N) is 4. The zero-order chi connectivity index (χ0) is 20.5. The topological polar surface area (TPSA) is 97.2 Å². The lowest BCUT2D eigenvalue weighted by Crippen LogP contribution is -2.44. The fourth-order valence-corrected chi connectivity index (χ4v) is 4.73. The van der Waals surface area contributed by atoms with Crippen molar-refractivity contribution in [1.29, 1.82) is 0 Å². The number of amides is 2. The van der Waals surface area contributed by atoms with Crippen LogP contribution in [0.15, 0.2) is 35.7 Å². The van der Waals surface area contributed by atoms with Crippen LogP contribution in [0.3, 0.4) is 0 Å². The number of carbonyl (C=O) groups is 1. The van der Waals surface area contributed by atoms with Crippen molar-refractivity contribution in [3.63, 3.8) is 0 Å². The minimum atomic E-state index is -4.45. The van der Waals surface area contributed by atoms with Gasteiger partial charge in [-0.1, -0.05) is 0 Å². The van der Waals surface area contributed by atoms with E-state index in [9.17, 15) is 26.4 Å². The van der Waals surface area contributed by atoms with Crippen LogP contribution in [-0.2, 0) is 23.1 Å². The van der Waals surface area contributed by atoms with E-state index < -0.39 is 32.9 Å². The Morgan fingerprint density at radius 2 is 1.79 bits per heavy atom. The minimum absolute atomic E-state index is 0.111. The van der Waals surface area contributed by atoms with Crippen molar-refractivity contribution in [2.45, 2.75) is 29.4 Å². The SMILES string of the molecule is Cn1cnnc1S(=O)(=O)C1CCN(C(=O)Nc2ccc(C(F)(F)F)cc2)CC1. The maximum absolute atomic E-state index is 12.6. The quantitative estimate of drug-likeness (QED) is 0.827. The lowest BCUT2D eigenvalue weighted by Gasteiger charge is -2.31. The number of hydrogen-bond acceptors (Lipinski definition) is 5. The van der Waals surface area contributed by atoms with Gasteiger partial charge in [-0.15, -0.1) is 10.2 Å². The molecule has 0 spiro atoms. The molecular weight excluding hydrogens is 399 g/mol. The van der Waals surface area contributed by atoms with Crippen molar-refractivity contribution in [1.82, 2.24) is 19.7 Å². The Balaban J connectivity index is 1.59. The molecule has 1 N–H and O–H groups in total. The van der Waals surface area contributed by atoms with E-state index in [0.29, 0.717) is 0 Å². The van der Waals surface area contributed by atoms with Gasteiger partial charge in [-0.05, 0) is 37.1 Å². The molecule has 8 nitrogen and oxygen atoms in total. The number of nitrogens with one attached hydrogen (secondary N) is 1. The normalized spacial score (nSPS) is 16.2. The average molecular weight is 417 g/mol. The van der Waals surface area contributed by atoms with E-state index in [-0.39, 0.29) is 36.8 Å². The molecule has 1 aromatic carbocycles. The first-order chi connectivity index (χ1) is 13.1. The summed E-state index contributed by atoms with van der Waals surface area (Å²) in [5.74, 6) is 0. The summed E-state index contributed by atoms with van der Waals surface area (Å²) in [6.07, 6.45) is -2.68. The number of piperidine rings is 1. The van der Waals surface area contributed by atoms with Crippen LogP contribution < -0.4 is 5.32 Å². The Hall–Kier alpha value is -2.63. The molecule has 1 aromatic heterocycles. The molecule has 152 valence electrons. The number of sulfone groups is 1. The van der Waals surface area contributed by atoms with Gasteiger partial charge in [0, 0.05) is 25.8 Å². The number of alkyl halides is 3. The molecule has 0 atom stereocenters. The molecule has 1 fully saturated rings. The number of halogens is 3. The molecule has 1 saturated heterocycles. The summed E-state index contributed by atoms with van der Waals surface area (Å²) in [6, 6.07) is 3.62. The second kappa shape index (κ2) is 7.41. The molecule has 0 saturated carbocycles. The van der Waals surface area contributed by atoms with Crippen LogP contribution in [-0.4, -0.2) is 52.5 Å². The third-order valence-electron chi connectivity index (χ3n) is 4.56. The van der Waals surface area contributed by atoms with Crippen molar-refractivity contribution in [2.24, 2.45) is 7.05 Å². The lowest BCUT2D eigenvalue weighted by atomic mass is 10.1. The Labute approximate surface area is 159 Å². The van der Waals surface area contributed by atoms with Crippen molar-refractivity contribution in [2.75, 3.05) is 18.4 Å². The van der Waals surface area contributed by atoms with Gasteiger partial charge in [0.15, 0.2) is 0 Å². The van der Waals surface area contributed by atoms with Crippen LogP contribution in [0.1, 0.15) is 18.4 Å². The van der Waals surface area contributed by atoms with Gasteiger partial charge in [0.05, 0.1) is 10.8 Å². The van der Waals surface area contributed by atoms with Gasteiger partial charge in [-0.2, -0.15) is 13.2 Å². The zero-order valence-corrected chi connectivity index (χ0v) is 15.7. The van der Waals surface area contributed by atoms with E-state index in [4.69, 9.17) is 0 Å². The van der Waals surface area contributed by atoms with Gasteiger partial charge in [0.25, 0.3) is 0 Å². The molecule has 2 aromatic rings. The van der Waals surface area contributed by atoms with Crippen LogP contribution in [0, 0.1) is 0 Å². The first kappa shape index (κ1) is 20.1. The standard InChI is InChI=1S/C16H18F3N5O3S/c1-23-10-20-22-15(23)28(26,27)13-6-8-24(9-7-13)14(25)21-12-4-2-11(3-5-12)16(17,18)19/h2-5,10,13H,6-9H2,1H3,(H,21,25). The number of hydrogen-bond donors (Lipinski definition) is 1. The summed E-state index contributed by atoms with van der Waals surface area (Å²) in [5.41, 5.74) is -0.577. The predicted octanol–water partition coefficient (Wildman–Crippen LogP) is 2.30. The third kappa shape index (κ3) is 4.11. The van der Waals surface area contributed by atoms with Crippen molar-refractivity contribution in [3.8, 4) is 0 Å². The largest absolute Gasteiger partial charge is 0.416 e. The molecule has 2 amide bonds. The number of anilines is 1. The molecule has 0 bridgehead atoms. The first-order valence-corrected chi connectivity index (χ1v) is 9.95. The molecule has 1 aliphatic heterocycles. The van der Waals surface area contributed by atoms with Gasteiger partial charge in [0.2, 0.25) is 15.0 Å². The van der Waals surface area contributed by atoms with Gasteiger partial charge in [0.1, 0.15) is 6.33 Å². The van der Waals surface area contributed by atoms with Gasteiger partial charge in [-0.25, -0.2) is 13.2 Å². The zero-order valence-electron chi connectivity index (χ0n) is 14.8. The Morgan fingerprint density at radius 3 is 2.29 bits per heavy atom. The average Bonchev–Trinajstić information content (AvgIpc) is 3.08. The van der Waals surface area contributed by atoms with Gasteiger partial charge < -0.3 is 14.8 Å². The van der Waals surface area contributed by atoms with E-state index in [1.54, 1.807) is 7.05 Å². The highest BCUT2D eigenvalue weighted by Gasteiger charge is 2.35. The van der Waals surface area contributed by atoms with Crippen molar-refractivity contribution >= 4 is 21.6 Å². The molecule has 1 aliphatic rings. The van der Waals surface area contributed by atoms with E-state index in [1.165, 1.54) is 27.9 Å². The van der Waals surface area contributed by atoms with Crippen LogP contribution in [0.2, 0.25) is 0 Å². The van der Waals surface area contributed by atoms with Crippen LogP contribution in [0.25, 0.3) is 0 Å². The highest BCUT2D eigenvalue weighted by Crippen LogP contribution is 2.30. The lowest BCUT2D eigenvalue weighted by molar-refractivity contribution is -0.137. The van der Waals surface area contributed by atoms with Crippen LogP contribution in [0.4, 0.5) is 23.7 Å². The summed E-state index contributed by atoms with van der Waals surface area (Å²) in [5, 5.41) is 8.97. The molecule has 0 unspecified atom stereocenters. The highest BCUT2D eigenvalue weighted by molar-refractivity contribution is 7.91. The second-order valence-corrected chi connectivity index (χ2v) is 8.58. The summed E-state index contributed by atoms with van der Waals surface area (Å²) in [4.78, 5) is 13.7. The number of urea groups is 1. The fraction of sp³-hybridized carbons (Fsp3) is 0.438. The summed E-state index contributed by atoms with van der Waals surface area (Å²) in [6.45, 7) is 0.405. The maximum Gasteiger partial charge on any atom is 0.416 e. The van der Waals surface area contributed by atoms with Crippen molar-refractivity contribution < 1.29 is 26.4 Å². The van der Waals surface area contributed by atoms with Crippen LogP contribution >= 0.6 is 0 Å². The smallest absolute Gasteiger partial charge is 0.324 e. The van der Waals surface area contributed by atoms with Gasteiger partial charge >= 0.3 is 12.2 Å². The van der Waals surface area contributed by atoms with E-state index in [0.717, 1.165) is 12.1 Å². The predicted molar refractivity (Wildman–Crippen MR) is 93.2 cm³/mol. The van der Waals surface area contributed by atoms with Gasteiger partial charge in [-0.3, -0.25) is 0 Å². The first-order valence-electron chi connectivity index (χ1n) is 8.40. The summed E-state index contributed by atoms with van der Waals surface area (Å²) < 4.78 is 64.3. The number of aryl methyl sites for hydroxylation is 1. The number of rotatable bonds is 3. The summed E-state index contributed by atoms with van der Waals surface area (Å²) >= 11 is 0. The van der Waals surface area contributed by atoms with E-state index >= 15 is 0 Å². The molecule has 2 heterocycles. The van der Waals surface area contributed by atoms with E-state index in [1.807, 2.05) is 0 Å². The molecule has 28 heavy (non-hydrogen) atoms. The molecule has 3 rings (SSSR count). The molecule has 0 radical (unpaired) electrons. The van der Waals surface area contributed by atoms with Crippen LogP contribution in [0.5, 0.6) is 0 Å². The highest BCUT2D eigenvalue weighted by atomic mass is 32.2. The molecule has 12 heteroatoms. The maximum atomic E-state index is 12.6. The fourth-order valence-electron chi connectivity index (χ4n) is 2.99. The number of likely N-dealkylation sites (tertiary alicyclic amines) is 1. The summed E-state index contributed by atoms with van der Waals surface area (Å²) in [7, 11) is -2.11. The Kier molecular flexibility index (Phi) is 5.33. The number of carbonyl (C=O) groups excluding carboxylic acids is 1. The number of benzene rings is 1. The third-order valence-corrected chi connectivity index (χ3v) is 6.78.